The van der Waals surface area contributed by atoms with Crippen LogP contribution in [0.4, 0.5) is 0 Å². The molecule has 1 aliphatic heterocycles. The zero-order valence-electron chi connectivity index (χ0n) is 18.6. The predicted octanol–water partition coefficient (Wildman–Crippen LogP) is 4.47. The molecule has 1 aliphatic rings. The van der Waals surface area contributed by atoms with Crippen molar-refractivity contribution in [2.24, 2.45) is 0 Å². The molecule has 4 rings (SSSR count). The fourth-order valence-electron chi connectivity index (χ4n) is 4.65. The minimum absolute atomic E-state index is 0.125. The number of nitrogens with zero attached hydrogens (tertiary/aromatic N) is 1. The molecule has 1 aromatic heterocycles. The van der Waals surface area contributed by atoms with Crippen molar-refractivity contribution in [3.05, 3.63) is 83.1 Å². The smallest absolute Gasteiger partial charge is 0.262 e. The van der Waals surface area contributed by atoms with Gasteiger partial charge in [-0.25, -0.2) is 0 Å². The van der Waals surface area contributed by atoms with Crippen molar-refractivity contribution in [1.82, 2.24) is 4.90 Å². The lowest BCUT2D eigenvalue weighted by Crippen LogP contribution is -2.68. The molecule has 1 fully saturated rings. The van der Waals surface area contributed by atoms with Gasteiger partial charge in [0.1, 0.15) is 6.10 Å². The maximum atomic E-state index is 13.4. The summed E-state index contributed by atoms with van der Waals surface area (Å²) < 4.78 is 7.07. The standard InChI is InChI=1S/C26H31NO2SSi/c1-26(2,3)31(22-12-6-4-7-13-22,23-14-8-5-9-15-23)29-24-17-19-27(25(24)28)18-16-21-11-10-20-30-21/h4-15,20,24H,16-19H2,1-3H3. The lowest BCUT2D eigenvalue weighted by atomic mass is 10.2. The molecule has 0 aliphatic carbocycles. The predicted molar refractivity (Wildman–Crippen MR) is 132 cm³/mol. The van der Waals surface area contributed by atoms with Gasteiger partial charge < -0.3 is 9.33 Å². The molecule has 5 heteroatoms. The average molecular weight is 450 g/mol. The van der Waals surface area contributed by atoms with Gasteiger partial charge in [-0.1, -0.05) is 87.5 Å². The van der Waals surface area contributed by atoms with Crippen molar-refractivity contribution >= 4 is 35.9 Å². The second-order valence-electron chi connectivity index (χ2n) is 9.21. The molecular weight excluding hydrogens is 418 g/mol. The number of carbonyl (C=O) groups excluding carboxylic acids is 1. The van der Waals surface area contributed by atoms with E-state index in [1.165, 1.54) is 15.3 Å². The fourth-order valence-corrected chi connectivity index (χ4v) is 10.0. The topological polar surface area (TPSA) is 29.5 Å². The fraction of sp³-hybridized carbons (Fsp3) is 0.346. The highest BCUT2D eigenvalue weighted by Crippen LogP contribution is 2.38. The molecular formula is C26H31NO2SSi. The molecule has 1 amide bonds. The summed E-state index contributed by atoms with van der Waals surface area (Å²) >= 11 is 1.75. The third-order valence-electron chi connectivity index (χ3n) is 6.19. The van der Waals surface area contributed by atoms with E-state index in [0.29, 0.717) is 0 Å². The molecule has 0 N–H and O–H groups in total. The first-order valence-corrected chi connectivity index (χ1v) is 13.8. The third kappa shape index (κ3) is 4.40. The van der Waals surface area contributed by atoms with E-state index in [-0.39, 0.29) is 17.0 Å². The Kier molecular flexibility index (Phi) is 6.46. The Bertz CT molecular complexity index is 944. The van der Waals surface area contributed by atoms with Gasteiger partial charge in [-0.2, -0.15) is 0 Å². The van der Waals surface area contributed by atoms with Crippen LogP contribution in [0.25, 0.3) is 0 Å². The van der Waals surface area contributed by atoms with Crippen LogP contribution in [0, 0.1) is 0 Å². The SMILES string of the molecule is CC(C)(C)[Si](OC1CCN(CCc2cccs2)C1=O)(c1ccccc1)c1ccccc1. The normalized spacial score (nSPS) is 17.3. The quantitative estimate of drug-likeness (QED) is 0.498. The van der Waals surface area contributed by atoms with Crippen molar-refractivity contribution in [2.45, 2.75) is 44.8 Å². The van der Waals surface area contributed by atoms with Gasteiger partial charge in [-0.05, 0) is 39.7 Å². The van der Waals surface area contributed by atoms with E-state index in [9.17, 15) is 4.79 Å². The summed E-state index contributed by atoms with van der Waals surface area (Å²) in [5.41, 5.74) is 0. The maximum absolute atomic E-state index is 13.4. The minimum Gasteiger partial charge on any atom is -0.395 e. The summed E-state index contributed by atoms with van der Waals surface area (Å²) in [4.78, 5) is 16.7. The molecule has 2 aromatic carbocycles. The van der Waals surface area contributed by atoms with Crippen LogP contribution >= 0.6 is 11.3 Å². The van der Waals surface area contributed by atoms with Crippen LogP contribution in [0.2, 0.25) is 5.04 Å². The highest BCUT2D eigenvalue weighted by atomic mass is 32.1. The molecule has 0 radical (unpaired) electrons. The summed E-state index contributed by atoms with van der Waals surface area (Å²) in [5.74, 6) is 0.143. The number of amides is 1. The largest absolute Gasteiger partial charge is 0.395 e. The van der Waals surface area contributed by atoms with Crippen molar-refractivity contribution in [3.63, 3.8) is 0 Å². The highest BCUT2D eigenvalue weighted by Gasteiger charge is 2.53. The van der Waals surface area contributed by atoms with Gasteiger partial charge in [0.05, 0.1) is 0 Å². The van der Waals surface area contributed by atoms with Gasteiger partial charge in [-0.15, -0.1) is 11.3 Å². The second kappa shape index (κ2) is 9.11. The highest BCUT2D eigenvalue weighted by molar-refractivity contribution is 7.09. The first-order chi connectivity index (χ1) is 14.9. The Morgan fingerprint density at radius 1 is 0.968 bits per heavy atom. The first kappa shape index (κ1) is 22.0. The lowest BCUT2D eigenvalue weighted by Gasteiger charge is -2.44. The zero-order valence-corrected chi connectivity index (χ0v) is 20.4. The summed E-state index contributed by atoms with van der Waals surface area (Å²) in [6, 6.07) is 25.3. The third-order valence-corrected chi connectivity index (χ3v) is 12.2. The molecule has 31 heavy (non-hydrogen) atoms. The van der Waals surface area contributed by atoms with Gasteiger partial charge in [0.15, 0.2) is 0 Å². The number of benzene rings is 2. The molecule has 0 bridgehead atoms. The van der Waals surface area contributed by atoms with E-state index in [0.717, 1.165) is 25.9 Å². The molecule has 1 saturated heterocycles. The van der Waals surface area contributed by atoms with Crippen LogP contribution < -0.4 is 10.4 Å². The molecule has 1 atom stereocenters. The van der Waals surface area contributed by atoms with Crippen LogP contribution in [-0.2, 0) is 15.6 Å². The molecule has 2 heterocycles. The summed E-state index contributed by atoms with van der Waals surface area (Å²) in [7, 11) is -2.71. The minimum atomic E-state index is -2.71. The van der Waals surface area contributed by atoms with Gasteiger partial charge in [-0.3, -0.25) is 4.79 Å². The Labute approximate surface area is 190 Å². The van der Waals surface area contributed by atoms with E-state index in [1.54, 1.807) is 11.3 Å². The van der Waals surface area contributed by atoms with Crippen molar-refractivity contribution in [2.75, 3.05) is 13.1 Å². The zero-order chi connectivity index (χ0) is 21.9. The van der Waals surface area contributed by atoms with Gasteiger partial charge in [0.25, 0.3) is 14.2 Å². The van der Waals surface area contributed by atoms with E-state index >= 15 is 0 Å². The van der Waals surface area contributed by atoms with Crippen molar-refractivity contribution < 1.29 is 9.22 Å². The number of rotatable bonds is 7. The van der Waals surface area contributed by atoms with Gasteiger partial charge in [0, 0.05) is 18.0 Å². The Hall–Kier alpha value is -2.21. The van der Waals surface area contributed by atoms with Crippen LogP contribution in [-0.4, -0.2) is 38.3 Å². The Morgan fingerprint density at radius 2 is 1.58 bits per heavy atom. The maximum Gasteiger partial charge on any atom is 0.262 e. The summed E-state index contributed by atoms with van der Waals surface area (Å²) in [5, 5.41) is 4.41. The number of hydrogen-bond donors (Lipinski definition) is 0. The molecule has 3 aromatic rings. The Balaban J connectivity index is 1.65. The number of carbonyl (C=O) groups is 1. The number of likely N-dealkylation sites (tertiary alicyclic amines) is 1. The van der Waals surface area contributed by atoms with Crippen LogP contribution in [0.5, 0.6) is 0 Å². The molecule has 162 valence electrons. The summed E-state index contributed by atoms with van der Waals surface area (Å²) in [6.45, 7) is 8.31. The number of thiophene rings is 1. The van der Waals surface area contributed by atoms with Crippen molar-refractivity contribution in [3.8, 4) is 0 Å². The van der Waals surface area contributed by atoms with Gasteiger partial charge in [0.2, 0.25) is 0 Å². The van der Waals surface area contributed by atoms with Crippen molar-refractivity contribution in [1.29, 1.82) is 0 Å². The van der Waals surface area contributed by atoms with Gasteiger partial charge >= 0.3 is 0 Å². The Morgan fingerprint density at radius 3 is 2.10 bits per heavy atom. The summed E-state index contributed by atoms with van der Waals surface area (Å²) in [6.07, 6.45) is 1.29. The molecule has 3 nitrogen and oxygen atoms in total. The molecule has 1 unspecified atom stereocenters. The molecule has 0 spiro atoms. The monoisotopic (exact) mass is 449 g/mol. The van der Waals surface area contributed by atoms with E-state index in [2.05, 4.69) is 86.8 Å². The second-order valence-corrected chi connectivity index (χ2v) is 14.5. The average Bonchev–Trinajstić information content (AvgIpc) is 3.41. The first-order valence-electron chi connectivity index (χ1n) is 11.0. The van der Waals surface area contributed by atoms with Crippen LogP contribution in [0.15, 0.2) is 78.2 Å². The lowest BCUT2D eigenvalue weighted by molar-refractivity contribution is -0.133. The number of hydrogen-bond acceptors (Lipinski definition) is 3. The van der Waals surface area contributed by atoms with E-state index in [1.807, 2.05) is 17.0 Å². The van der Waals surface area contributed by atoms with E-state index in [4.69, 9.17) is 4.43 Å². The van der Waals surface area contributed by atoms with Crippen LogP contribution in [0.1, 0.15) is 32.1 Å². The van der Waals surface area contributed by atoms with E-state index < -0.39 is 8.32 Å². The van der Waals surface area contributed by atoms with Crippen LogP contribution in [0.3, 0.4) is 0 Å². The molecule has 0 saturated carbocycles.